The molecule has 29 heavy (non-hydrogen) atoms. The number of thiophene rings is 1. The number of hydrogen-bond donors (Lipinski definition) is 2. The van der Waals surface area contributed by atoms with Crippen LogP contribution in [0.2, 0.25) is 5.02 Å². The minimum atomic E-state index is -4.78. The van der Waals surface area contributed by atoms with Gasteiger partial charge in [0.25, 0.3) is 5.91 Å². The van der Waals surface area contributed by atoms with Crippen LogP contribution in [-0.4, -0.2) is 52.7 Å². The Morgan fingerprint density at radius 3 is 2.69 bits per heavy atom. The van der Waals surface area contributed by atoms with E-state index < -0.39 is 40.7 Å². The van der Waals surface area contributed by atoms with Gasteiger partial charge in [0.2, 0.25) is 5.88 Å². The lowest BCUT2D eigenvalue weighted by Crippen LogP contribution is -2.46. The van der Waals surface area contributed by atoms with Crippen LogP contribution in [0.25, 0.3) is 10.2 Å². The van der Waals surface area contributed by atoms with E-state index in [1.165, 1.54) is 17.3 Å². The molecular weight excluding hydrogens is 435 g/mol. The highest BCUT2D eigenvalue weighted by atomic mass is 35.5. The van der Waals surface area contributed by atoms with E-state index in [1.54, 1.807) is 6.92 Å². The molecule has 1 saturated heterocycles. The zero-order valence-corrected chi connectivity index (χ0v) is 16.9. The fourth-order valence-electron chi connectivity index (χ4n) is 3.30. The van der Waals surface area contributed by atoms with E-state index >= 15 is 0 Å². The summed E-state index contributed by atoms with van der Waals surface area (Å²) in [5.74, 6) is -0.996. The number of carboxylic acid groups (broad SMARTS) is 1. The van der Waals surface area contributed by atoms with E-state index in [2.05, 4.69) is 10.3 Å². The van der Waals surface area contributed by atoms with Crippen molar-refractivity contribution in [3.05, 3.63) is 21.5 Å². The average Bonchev–Trinajstić information content (AvgIpc) is 3.03. The van der Waals surface area contributed by atoms with Crippen LogP contribution >= 0.6 is 22.9 Å². The van der Waals surface area contributed by atoms with Gasteiger partial charge in [0.05, 0.1) is 21.3 Å². The van der Waals surface area contributed by atoms with Crippen molar-refractivity contribution >= 4 is 45.2 Å². The second kappa shape index (κ2) is 7.86. The molecule has 1 fully saturated rings. The van der Waals surface area contributed by atoms with Crippen LogP contribution < -0.4 is 10.1 Å². The number of halogens is 4. The molecule has 3 rings (SSSR count). The molecule has 0 aromatic carbocycles. The Hall–Kier alpha value is -2.27. The SMILES string of the molecule is CNC(=O)c1csc2c(C(F)(F)F)c(Cl)c(O[C@@H]3CCN(C(=O)O)[C@H](C)C3)nc12. The highest BCUT2D eigenvalue weighted by Crippen LogP contribution is 2.46. The fraction of sp³-hybridized carbons (Fsp3) is 0.471. The summed E-state index contributed by atoms with van der Waals surface area (Å²) in [6.07, 6.45) is -5.86. The third-order valence-electron chi connectivity index (χ3n) is 4.72. The topological polar surface area (TPSA) is 91.8 Å². The maximum absolute atomic E-state index is 13.7. The molecule has 0 saturated carbocycles. The zero-order valence-electron chi connectivity index (χ0n) is 15.3. The highest BCUT2D eigenvalue weighted by Gasteiger charge is 2.40. The molecule has 0 bridgehead atoms. The Bertz CT molecular complexity index is 966. The van der Waals surface area contributed by atoms with Crippen LogP contribution in [0.15, 0.2) is 5.38 Å². The number of ether oxygens (including phenoxy) is 1. The lowest BCUT2D eigenvalue weighted by Gasteiger charge is -2.35. The van der Waals surface area contributed by atoms with Crippen molar-refractivity contribution in [2.75, 3.05) is 13.6 Å². The average molecular weight is 452 g/mol. The van der Waals surface area contributed by atoms with Crippen molar-refractivity contribution in [2.45, 2.75) is 38.1 Å². The number of aromatic nitrogens is 1. The summed E-state index contributed by atoms with van der Waals surface area (Å²) in [4.78, 5) is 28.5. The van der Waals surface area contributed by atoms with Gasteiger partial charge in [0, 0.05) is 37.9 Å². The van der Waals surface area contributed by atoms with Crippen LogP contribution in [0.3, 0.4) is 0 Å². The molecular formula is C17H17ClF3N3O4S. The molecule has 7 nitrogen and oxygen atoms in total. The molecule has 1 aliphatic heterocycles. The molecule has 1 aliphatic rings. The van der Waals surface area contributed by atoms with E-state index in [4.69, 9.17) is 21.4 Å². The number of fused-ring (bicyclic) bond motifs is 1. The second-order valence-electron chi connectivity index (χ2n) is 6.60. The number of piperidine rings is 1. The molecule has 158 valence electrons. The summed E-state index contributed by atoms with van der Waals surface area (Å²) in [7, 11) is 1.36. The number of likely N-dealkylation sites (tertiary alicyclic amines) is 1. The van der Waals surface area contributed by atoms with Crippen LogP contribution in [0, 0.1) is 0 Å². The third-order valence-corrected chi connectivity index (χ3v) is 6.06. The summed E-state index contributed by atoms with van der Waals surface area (Å²) in [5.41, 5.74) is -1.25. The largest absolute Gasteiger partial charge is 0.473 e. The molecule has 2 atom stereocenters. The maximum Gasteiger partial charge on any atom is 0.419 e. The first kappa shape index (κ1) is 21.4. The number of nitrogens with zero attached hydrogens (tertiary/aromatic N) is 2. The van der Waals surface area contributed by atoms with Crippen LogP contribution in [-0.2, 0) is 6.18 Å². The number of pyridine rings is 1. The van der Waals surface area contributed by atoms with Crippen molar-refractivity contribution in [1.82, 2.24) is 15.2 Å². The molecule has 2 amide bonds. The Morgan fingerprint density at radius 2 is 2.14 bits per heavy atom. The van der Waals surface area contributed by atoms with Gasteiger partial charge in [0.1, 0.15) is 11.1 Å². The Kier molecular flexibility index (Phi) is 5.81. The quantitative estimate of drug-likeness (QED) is 0.728. The fourth-order valence-corrected chi connectivity index (χ4v) is 4.70. The Balaban J connectivity index is 2.03. The number of hydrogen-bond acceptors (Lipinski definition) is 5. The van der Waals surface area contributed by atoms with Crippen LogP contribution in [0.5, 0.6) is 5.88 Å². The molecule has 0 spiro atoms. The zero-order chi connectivity index (χ0) is 21.5. The molecule has 0 radical (unpaired) electrons. The predicted octanol–water partition coefficient (Wildman–Crippen LogP) is 4.24. The first-order chi connectivity index (χ1) is 13.5. The summed E-state index contributed by atoms with van der Waals surface area (Å²) >= 11 is 6.75. The molecule has 2 aromatic heterocycles. The lowest BCUT2D eigenvalue weighted by molar-refractivity contribution is -0.136. The standard InChI is InChI=1S/C17H17ClF3N3O4S/c1-7-5-8(3-4-24(7)16(26)27)28-15-11(18)10(17(19,20)21)13-12(23-15)9(6-29-13)14(25)22-2/h6-8H,3-5H2,1-2H3,(H,22,25)(H,26,27)/t7-,8-/m1/s1. The molecule has 2 N–H and O–H groups in total. The van der Waals surface area contributed by atoms with Gasteiger partial charge in [-0.25, -0.2) is 9.78 Å². The monoisotopic (exact) mass is 451 g/mol. The van der Waals surface area contributed by atoms with Gasteiger partial charge in [-0.3, -0.25) is 4.79 Å². The van der Waals surface area contributed by atoms with E-state index in [9.17, 15) is 22.8 Å². The molecule has 0 unspecified atom stereocenters. The Morgan fingerprint density at radius 1 is 1.45 bits per heavy atom. The van der Waals surface area contributed by atoms with Gasteiger partial charge in [-0.2, -0.15) is 13.2 Å². The van der Waals surface area contributed by atoms with Gasteiger partial charge in [-0.15, -0.1) is 11.3 Å². The number of amides is 2. The van der Waals surface area contributed by atoms with Crippen molar-refractivity contribution in [2.24, 2.45) is 0 Å². The predicted molar refractivity (Wildman–Crippen MR) is 101 cm³/mol. The summed E-state index contributed by atoms with van der Waals surface area (Å²) in [5, 5.41) is 12.1. The van der Waals surface area contributed by atoms with Gasteiger partial charge in [-0.05, 0) is 6.92 Å². The summed E-state index contributed by atoms with van der Waals surface area (Å²) in [6.45, 7) is 1.86. The summed E-state index contributed by atoms with van der Waals surface area (Å²) in [6, 6.07) is -0.376. The number of nitrogens with one attached hydrogen (secondary N) is 1. The number of carbonyl (C=O) groups excluding carboxylic acids is 1. The van der Waals surface area contributed by atoms with Gasteiger partial charge in [0.15, 0.2) is 0 Å². The van der Waals surface area contributed by atoms with Gasteiger partial charge in [-0.1, -0.05) is 11.6 Å². The molecule has 3 heterocycles. The smallest absolute Gasteiger partial charge is 0.419 e. The van der Waals surface area contributed by atoms with E-state index in [1.807, 2.05) is 0 Å². The number of alkyl halides is 3. The molecule has 2 aromatic rings. The van der Waals surface area contributed by atoms with Crippen molar-refractivity contribution < 1.29 is 32.6 Å². The van der Waals surface area contributed by atoms with Crippen molar-refractivity contribution in [3.8, 4) is 5.88 Å². The lowest BCUT2D eigenvalue weighted by atomic mass is 10.0. The highest BCUT2D eigenvalue weighted by molar-refractivity contribution is 7.17. The van der Waals surface area contributed by atoms with Gasteiger partial charge < -0.3 is 20.1 Å². The van der Waals surface area contributed by atoms with E-state index in [-0.39, 0.29) is 41.2 Å². The van der Waals surface area contributed by atoms with Crippen LogP contribution in [0.1, 0.15) is 35.7 Å². The first-order valence-electron chi connectivity index (χ1n) is 8.60. The maximum atomic E-state index is 13.7. The van der Waals surface area contributed by atoms with Crippen LogP contribution in [0.4, 0.5) is 18.0 Å². The second-order valence-corrected chi connectivity index (χ2v) is 7.86. The van der Waals surface area contributed by atoms with E-state index in [0.717, 1.165) is 11.3 Å². The minimum absolute atomic E-state index is 0.00594. The Labute approximate surface area is 172 Å². The van der Waals surface area contributed by atoms with E-state index in [0.29, 0.717) is 0 Å². The van der Waals surface area contributed by atoms with Crippen molar-refractivity contribution in [3.63, 3.8) is 0 Å². The molecule has 12 heteroatoms. The third kappa shape index (κ3) is 4.06. The first-order valence-corrected chi connectivity index (χ1v) is 9.86. The number of rotatable bonds is 3. The number of carbonyl (C=O) groups is 2. The van der Waals surface area contributed by atoms with Gasteiger partial charge >= 0.3 is 12.3 Å². The van der Waals surface area contributed by atoms with Crippen molar-refractivity contribution in [1.29, 1.82) is 0 Å². The normalized spacial score (nSPS) is 20.0. The summed E-state index contributed by atoms with van der Waals surface area (Å²) < 4.78 is 46.5. The minimum Gasteiger partial charge on any atom is -0.473 e. The molecule has 0 aliphatic carbocycles.